The lowest BCUT2D eigenvalue weighted by Crippen LogP contribution is -2.36. The van der Waals surface area contributed by atoms with Gasteiger partial charge in [-0.25, -0.2) is 23.4 Å². The van der Waals surface area contributed by atoms with Crippen molar-refractivity contribution in [1.29, 1.82) is 0 Å². The van der Waals surface area contributed by atoms with E-state index in [1.165, 1.54) is 12.1 Å². The highest BCUT2D eigenvalue weighted by molar-refractivity contribution is 5.73. The molecule has 3 aromatic rings. The Bertz CT molecular complexity index is 1200. The number of likely N-dealkylation sites (tertiary alicyclic amines) is 1. The summed E-state index contributed by atoms with van der Waals surface area (Å²) in [5, 5.41) is 22.4. The number of hydrogen-bond donors (Lipinski definition) is 3. The van der Waals surface area contributed by atoms with Gasteiger partial charge in [0.05, 0.1) is 12.7 Å². The van der Waals surface area contributed by atoms with E-state index in [9.17, 15) is 35.1 Å². The Balaban J connectivity index is 0.000000333. The first-order chi connectivity index (χ1) is 18.5. The summed E-state index contributed by atoms with van der Waals surface area (Å²) in [5.41, 5.74) is 0.878. The number of aromatic amines is 1. The van der Waals surface area contributed by atoms with Crippen LogP contribution in [0.2, 0.25) is 0 Å². The van der Waals surface area contributed by atoms with Gasteiger partial charge in [0.2, 0.25) is 0 Å². The van der Waals surface area contributed by atoms with Crippen molar-refractivity contribution in [1.82, 2.24) is 29.9 Å². The van der Waals surface area contributed by atoms with Crippen LogP contribution >= 0.6 is 0 Å². The van der Waals surface area contributed by atoms with Gasteiger partial charge in [0.25, 0.3) is 0 Å². The second-order valence-electron chi connectivity index (χ2n) is 8.37. The van der Waals surface area contributed by atoms with Gasteiger partial charge in [0.1, 0.15) is 23.2 Å². The monoisotopic (exact) mass is 586 g/mol. The van der Waals surface area contributed by atoms with Gasteiger partial charge in [-0.3, -0.25) is 9.58 Å². The van der Waals surface area contributed by atoms with E-state index in [4.69, 9.17) is 19.8 Å². The Morgan fingerprint density at radius 2 is 1.57 bits per heavy atom. The maximum Gasteiger partial charge on any atom is 0.490 e. The number of aliphatic carboxylic acids is 2. The van der Waals surface area contributed by atoms with Crippen molar-refractivity contribution in [2.45, 2.75) is 38.3 Å². The summed E-state index contributed by atoms with van der Waals surface area (Å²) in [6.45, 7) is 3.57. The van der Waals surface area contributed by atoms with Crippen LogP contribution in [0.15, 0.2) is 36.8 Å². The Morgan fingerprint density at radius 1 is 1.00 bits per heavy atom. The summed E-state index contributed by atoms with van der Waals surface area (Å²) in [7, 11) is 0. The molecule has 0 radical (unpaired) electrons. The van der Waals surface area contributed by atoms with Gasteiger partial charge in [-0.05, 0) is 37.4 Å². The predicted molar refractivity (Wildman–Crippen MR) is 119 cm³/mol. The molecule has 1 fully saturated rings. The van der Waals surface area contributed by atoms with Crippen LogP contribution in [0.5, 0.6) is 0 Å². The van der Waals surface area contributed by atoms with Gasteiger partial charge < -0.3 is 15.2 Å². The second-order valence-corrected chi connectivity index (χ2v) is 8.37. The smallest absolute Gasteiger partial charge is 0.475 e. The topological polar surface area (TPSA) is 137 Å². The van der Waals surface area contributed by atoms with Crippen molar-refractivity contribution in [2.75, 3.05) is 13.1 Å². The summed E-state index contributed by atoms with van der Waals surface area (Å²) in [6, 6.07) is 3.38. The van der Waals surface area contributed by atoms with Crippen LogP contribution in [-0.2, 0) is 22.7 Å². The van der Waals surface area contributed by atoms with Crippen molar-refractivity contribution in [3.05, 3.63) is 54.2 Å². The molecule has 2 aromatic heterocycles. The third-order valence-electron chi connectivity index (χ3n) is 5.16. The maximum atomic E-state index is 13.4. The summed E-state index contributed by atoms with van der Waals surface area (Å²) in [4.78, 5) is 27.6. The average Bonchev–Trinajstić information content (AvgIpc) is 3.51. The highest BCUT2D eigenvalue weighted by atomic mass is 19.4. The lowest BCUT2D eigenvalue weighted by molar-refractivity contribution is -0.193. The molecule has 0 bridgehead atoms. The molecule has 10 nitrogen and oxygen atoms in total. The van der Waals surface area contributed by atoms with Gasteiger partial charge in [-0.15, -0.1) is 5.10 Å². The molecule has 1 aliphatic heterocycles. The fraction of sp³-hybridized carbons (Fsp3) is 0.409. The number of nitrogens with zero attached hydrogens (tertiary/aromatic N) is 5. The molecule has 1 aliphatic rings. The van der Waals surface area contributed by atoms with E-state index in [0.29, 0.717) is 17.2 Å². The number of carboxylic acid groups (broad SMARTS) is 2. The molecule has 0 amide bonds. The van der Waals surface area contributed by atoms with Gasteiger partial charge in [0.15, 0.2) is 0 Å². The molecule has 0 spiro atoms. The molecule has 0 saturated carbocycles. The number of H-pyrrole nitrogens is 1. The van der Waals surface area contributed by atoms with Crippen molar-refractivity contribution >= 4 is 11.9 Å². The number of aromatic nitrogens is 5. The predicted octanol–water partition coefficient (Wildman–Crippen LogP) is 4.13. The first-order valence-electron chi connectivity index (χ1n) is 11.2. The molecular formula is C22H22F8N6O4. The molecule has 1 saturated heterocycles. The Kier molecular flexibility index (Phi) is 11.1. The van der Waals surface area contributed by atoms with Crippen LogP contribution in [0, 0.1) is 17.6 Å². The second kappa shape index (κ2) is 13.8. The van der Waals surface area contributed by atoms with Crippen LogP contribution in [0.4, 0.5) is 35.1 Å². The minimum atomic E-state index is -5.08. The lowest BCUT2D eigenvalue weighted by atomic mass is 9.98. The van der Waals surface area contributed by atoms with Crippen molar-refractivity contribution in [3.8, 4) is 11.3 Å². The first kappa shape index (κ1) is 32.1. The molecule has 1 unspecified atom stereocenters. The quantitative estimate of drug-likeness (QED) is 0.380. The highest BCUT2D eigenvalue weighted by Gasteiger charge is 2.38. The number of carboxylic acids is 2. The molecule has 1 atom stereocenters. The van der Waals surface area contributed by atoms with E-state index in [2.05, 4.69) is 25.2 Å². The molecule has 3 N–H and O–H groups in total. The number of hydrogen-bond acceptors (Lipinski definition) is 6. The molecular weight excluding hydrogens is 564 g/mol. The van der Waals surface area contributed by atoms with Gasteiger partial charge in [0, 0.05) is 37.1 Å². The van der Waals surface area contributed by atoms with Crippen molar-refractivity contribution < 1.29 is 54.9 Å². The number of benzene rings is 1. The van der Waals surface area contributed by atoms with Gasteiger partial charge >= 0.3 is 24.3 Å². The standard InChI is InChI=1S/C18H20F2N6.2C2HF3O2/c19-15-6-14(7-16(20)8-15)17-11-26(24-23-17)10-13-2-1-5-25(9-13)12-18-21-3-4-22-18;2*3-2(4,5)1(6)7/h3-4,6-8,11,13H,1-2,5,9-10,12H2,(H,21,22);2*(H,6,7). The number of carbonyl (C=O) groups is 2. The van der Waals surface area contributed by atoms with Crippen molar-refractivity contribution in [2.24, 2.45) is 5.92 Å². The normalized spacial score (nSPS) is 15.8. The molecule has 1 aromatic carbocycles. The minimum Gasteiger partial charge on any atom is -0.475 e. The van der Waals surface area contributed by atoms with E-state index in [1.54, 1.807) is 17.1 Å². The molecule has 0 aliphatic carbocycles. The SMILES string of the molecule is Fc1cc(F)cc(-c2cn(CC3CCCN(Cc4ncc[nH]4)C3)nn2)c1.O=C(O)C(F)(F)F.O=C(O)C(F)(F)F. The molecule has 18 heteroatoms. The average molecular weight is 586 g/mol. The van der Waals surface area contributed by atoms with Gasteiger partial charge in [-0.1, -0.05) is 5.21 Å². The van der Waals surface area contributed by atoms with E-state index in [-0.39, 0.29) is 0 Å². The Morgan fingerprint density at radius 3 is 2.08 bits per heavy atom. The minimum absolute atomic E-state index is 0.400. The molecule has 220 valence electrons. The summed E-state index contributed by atoms with van der Waals surface area (Å²) >= 11 is 0. The van der Waals surface area contributed by atoms with Crippen LogP contribution in [0.3, 0.4) is 0 Å². The van der Waals surface area contributed by atoms with E-state index < -0.39 is 35.9 Å². The van der Waals surface area contributed by atoms with Crippen molar-refractivity contribution in [3.63, 3.8) is 0 Å². The zero-order valence-corrected chi connectivity index (χ0v) is 20.3. The number of rotatable bonds is 5. The third kappa shape index (κ3) is 11.0. The largest absolute Gasteiger partial charge is 0.490 e. The first-order valence-corrected chi connectivity index (χ1v) is 11.2. The van der Waals surface area contributed by atoms with E-state index >= 15 is 0 Å². The van der Waals surface area contributed by atoms with E-state index in [1.807, 2.05) is 6.20 Å². The van der Waals surface area contributed by atoms with Crippen LogP contribution < -0.4 is 0 Å². The van der Waals surface area contributed by atoms with Gasteiger partial charge in [-0.2, -0.15) is 26.3 Å². The zero-order chi connectivity index (χ0) is 30.1. The third-order valence-corrected chi connectivity index (χ3v) is 5.16. The number of halogens is 8. The lowest BCUT2D eigenvalue weighted by Gasteiger charge is -2.31. The van der Waals surface area contributed by atoms with Crippen LogP contribution in [0.1, 0.15) is 18.7 Å². The Labute approximate surface area is 220 Å². The molecule has 3 heterocycles. The summed E-state index contributed by atoms with van der Waals surface area (Å²) < 4.78 is 92.0. The number of nitrogens with one attached hydrogen (secondary N) is 1. The fourth-order valence-corrected chi connectivity index (χ4v) is 3.53. The Hall–Kier alpha value is -4.09. The van der Waals surface area contributed by atoms with E-state index in [0.717, 1.165) is 50.9 Å². The zero-order valence-electron chi connectivity index (χ0n) is 20.3. The summed E-state index contributed by atoms with van der Waals surface area (Å²) in [6.07, 6.45) is -2.56. The molecule has 4 rings (SSSR count). The highest BCUT2D eigenvalue weighted by Crippen LogP contribution is 2.22. The number of piperidine rings is 1. The van der Waals surface area contributed by atoms with Crippen LogP contribution in [-0.4, -0.2) is 77.5 Å². The van der Waals surface area contributed by atoms with Crippen LogP contribution in [0.25, 0.3) is 11.3 Å². The fourth-order valence-electron chi connectivity index (χ4n) is 3.53. The summed E-state index contributed by atoms with van der Waals surface area (Å²) in [5.74, 6) is -5.31. The maximum absolute atomic E-state index is 13.4. The molecule has 40 heavy (non-hydrogen) atoms. The number of imidazole rings is 1. The number of alkyl halides is 6.